The van der Waals surface area contributed by atoms with Gasteiger partial charge in [-0.05, 0) is 54.2 Å². The van der Waals surface area contributed by atoms with Gasteiger partial charge in [-0.15, -0.1) is 11.3 Å². The standard InChI is InChI=1S/C28H26N4OS2/c1-16(2)24-20-12-6-5-11-19(20)23-25-26(35-27(23)32-24)28(30-15-29-25)34-14-22(33)31-21-13-7-9-17-8-3-4-10-18(17)21/h3-4,7-10,13,15-16H,5-6,11-12,14H2,1-2H3,(H,31,33). The van der Waals surface area contributed by atoms with Crippen molar-refractivity contribution >= 4 is 65.9 Å². The predicted molar refractivity (Wildman–Crippen MR) is 147 cm³/mol. The zero-order valence-electron chi connectivity index (χ0n) is 19.8. The molecule has 3 heterocycles. The quantitative estimate of drug-likeness (QED) is 0.206. The number of benzene rings is 2. The number of hydrogen-bond acceptors (Lipinski definition) is 6. The smallest absolute Gasteiger partial charge is 0.234 e. The van der Waals surface area contributed by atoms with Crippen molar-refractivity contribution in [3.8, 4) is 0 Å². The molecule has 2 aromatic carbocycles. The lowest BCUT2D eigenvalue weighted by Crippen LogP contribution is -2.14. The minimum Gasteiger partial charge on any atom is -0.325 e. The molecule has 6 rings (SSSR count). The van der Waals surface area contributed by atoms with E-state index >= 15 is 0 Å². The van der Waals surface area contributed by atoms with Crippen LogP contribution in [0.1, 0.15) is 49.4 Å². The number of thioether (sulfide) groups is 1. The van der Waals surface area contributed by atoms with Crippen molar-refractivity contribution < 1.29 is 4.79 Å². The maximum absolute atomic E-state index is 12.9. The second-order valence-electron chi connectivity index (χ2n) is 9.32. The summed E-state index contributed by atoms with van der Waals surface area (Å²) in [6, 6.07) is 14.0. The SMILES string of the molecule is CC(C)c1nc2sc3c(SCC(=O)Nc4cccc5ccccc45)ncnc3c2c2c1CCCC2. The van der Waals surface area contributed by atoms with Crippen LogP contribution in [0.2, 0.25) is 0 Å². The Hall–Kier alpha value is -3.03. The van der Waals surface area contributed by atoms with E-state index < -0.39 is 0 Å². The minimum atomic E-state index is -0.0446. The van der Waals surface area contributed by atoms with E-state index in [1.165, 1.54) is 46.8 Å². The number of nitrogens with zero attached hydrogens (tertiary/aromatic N) is 3. The molecule has 0 fully saturated rings. The molecule has 3 aromatic heterocycles. The molecule has 0 atom stereocenters. The number of anilines is 1. The first kappa shape index (κ1) is 22.4. The fraction of sp³-hybridized carbons (Fsp3) is 0.286. The fourth-order valence-electron chi connectivity index (χ4n) is 5.10. The highest BCUT2D eigenvalue weighted by atomic mass is 32.2. The lowest BCUT2D eigenvalue weighted by Gasteiger charge is -2.21. The van der Waals surface area contributed by atoms with Crippen molar-refractivity contribution in [2.24, 2.45) is 0 Å². The number of amides is 1. The number of rotatable bonds is 5. The summed E-state index contributed by atoms with van der Waals surface area (Å²) in [6.45, 7) is 4.46. The molecule has 0 aliphatic heterocycles. The molecule has 0 unspecified atom stereocenters. The Balaban J connectivity index is 1.32. The Labute approximate surface area is 212 Å². The van der Waals surface area contributed by atoms with Crippen LogP contribution in [0.4, 0.5) is 5.69 Å². The molecule has 0 bridgehead atoms. The van der Waals surface area contributed by atoms with Crippen molar-refractivity contribution in [2.45, 2.75) is 50.5 Å². The molecule has 35 heavy (non-hydrogen) atoms. The summed E-state index contributed by atoms with van der Waals surface area (Å²) in [7, 11) is 0. The first-order valence-corrected chi connectivity index (χ1v) is 13.9. The van der Waals surface area contributed by atoms with E-state index in [0.29, 0.717) is 5.92 Å². The van der Waals surface area contributed by atoms with Gasteiger partial charge in [0, 0.05) is 22.2 Å². The lowest BCUT2D eigenvalue weighted by atomic mass is 9.86. The summed E-state index contributed by atoms with van der Waals surface area (Å²) < 4.78 is 1.03. The van der Waals surface area contributed by atoms with Crippen LogP contribution in [-0.2, 0) is 17.6 Å². The van der Waals surface area contributed by atoms with Crippen molar-refractivity contribution in [3.05, 3.63) is 65.6 Å². The third-order valence-electron chi connectivity index (χ3n) is 6.67. The molecule has 0 spiro atoms. The summed E-state index contributed by atoms with van der Waals surface area (Å²) in [6.07, 6.45) is 6.25. The van der Waals surface area contributed by atoms with Crippen molar-refractivity contribution in [1.29, 1.82) is 0 Å². The number of aromatic nitrogens is 3. The summed E-state index contributed by atoms with van der Waals surface area (Å²) in [5.41, 5.74) is 5.91. The van der Waals surface area contributed by atoms with Gasteiger partial charge in [0.1, 0.15) is 16.2 Å². The largest absolute Gasteiger partial charge is 0.325 e. The Morgan fingerprint density at radius 2 is 1.86 bits per heavy atom. The van der Waals surface area contributed by atoms with Crippen molar-refractivity contribution in [3.63, 3.8) is 0 Å². The van der Waals surface area contributed by atoms with Gasteiger partial charge >= 0.3 is 0 Å². The van der Waals surface area contributed by atoms with Crippen LogP contribution in [0.3, 0.4) is 0 Å². The first-order chi connectivity index (χ1) is 17.1. The van der Waals surface area contributed by atoms with Crippen LogP contribution in [0, 0.1) is 0 Å². The van der Waals surface area contributed by atoms with E-state index in [1.54, 1.807) is 17.7 Å². The van der Waals surface area contributed by atoms with Gasteiger partial charge in [-0.2, -0.15) is 0 Å². The van der Waals surface area contributed by atoms with E-state index in [-0.39, 0.29) is 11.7 Å². The molecule has 0 saturated heterocycles. The number of nitrogens with one attached hydrogen (secondary N) is 1. The van der Waals surface area contributed by atoms with Gasteiger partial charge in [-0.1, -0.05) is 62.0 Å². The Morgan fingerprint density at radius 1 is 1.06 bits per heavy atom. The predicted octanol–water partition coefficient (Wildman–Crippen LogP) is 7.13. The van der Waals surface area contributed by atoms with E-state index in [2.05, 4.69) is 41.3 Å². The molecule has 0 radical (unpaired) electrons. The maximum Gasteiger partial charge on any atom is 0.234 e. The summed E-state index contributed by atoms with van der Waals surface area (Å²) in [5, 5.41) is 7.28. The van der Waals surface area contributed by atoms with Gasteiger partial charge < -0.3 is 5.32 Å². The van der Waals surface area contributed by atoms with Crippen LogP contribution < -0.4 is 5.32 Å². The fourth-order valence-corrected chi connectivity index (χ4v) is 7.15. The monoisotopic (exact) mass is 498 g/mol. The zero-order valence-corrected chi connectivity index (χ0v) is 21.4. The average molecular weight is 499 g/mol. The highest BCUT2D eigenvalue weighted by molar-refractivity contribution is 8.00. The number of fused-ring (bicyclic) bond motifs is 6. The number of carbonyl (C=O) groups excluding carboxylic acids is 1. The summed E-state index contributed by atoms with van der Waals surface area (Å²) in [4.78, 5) is 28.3. The van der Waals surface area contributed by atoms with E-state index in [1.807, 2.05) is 30.3 Å². The molecule has 5 nitrogen and oxygen atoms in total. The molecular weight excluding hydrogens is 472 g/mol. The van der Waals surface area contributed by atoms with Gasteiger partial charge in [0.25, 0.3) is 0 Å². The number of carbonyl (C=O) groups is 1. The van der Waals surface area contributed by atoms with Gasteiger partial charge in [0.2, 0.25) is 5.91 Å². The normalized spacial score (nSPS) is 13.6. The molecular formula is C28H26N4OS2. The topological polar surface area (TPSA) is 67.8 Å². The molecule has 7 heteroatoms. The first-order valence-electron chi connectivity index (χ1n) is 12.1. The Kier molecular flexibility index (Phi) is 5.90. The van der Waals surface area contributed by atoms with E-state index in [0.717, 1.165) is 49.4 Å². The summed E-state index contributed by atoms with van der Waals surface area (Å²) in [5.74, 6) is 0.637. The summed E-state index contributed by atoms with van der Waals surface area (Å²) >= 11 is 3.13. The molecule has 1 N–H and O–H groups in total. The number of pyridine rings is 1. The highest BCUT2D eigenvalue weighted by Gasteiger charge is 2.24. The zero-order chi connectivity index (χ0) is 23.9. The van der Waals surface area contributed by atoms with Crippen LogP contribution >= 0.6 is 23.1 Å². The van der Waals surface area contributed by atoms with E-state index in [9.17, 15) is 4.79 Å². The van der Waals surface area contributed by atoms with Gasteiger partial charge in [-0.3, -0.25) is 4.79 Å². The molecule has 5 aromatic rings. The molecule has 1 aliphatic rings. The third-order valence-corrected chi connectivity index (χ3v) is 8.87. The van der Waals surface area contributed by atoms with Crippen LogP contribution in [0.15, 0.2) is 53.8 Å². The second-order valence-corrected chi connectivity index (χ2v) is 11.3. The molecule has 1 amide bonds. The van der Waals surface area contributed by atoms with Gasteiger partial charge in [-0.25, -0.2) is 15.0 Å². The third kappa shape index (κ3) is 4.06. The van der Waals surface area contributed by atoms with Gasteiger partial charge in [0.05, 0.1) is 16.0 Å². The van der Waals surface area contributed by atoms with Gasteiger partial charge in [0.15, 0.2) is 0 Å². The van der Waals surface area contributed by atoms with Crippen molar-refractivity contribution in [1.82, 2.24) is 15.0 Å². The average Bonchev–Trinajstić information content (AvgIpc) is 3.26. The molecule has 176 valence electrons. The van der Waals surface area contributed by atoms with E-state index in [4.69, 9.17) is 4.98 Å². The molecule has 1 aliphatic carbocycles. The van der Waals surface area contributed by atoms with Crippen molar-refractivity contribution in [2.75, 3.05) is 11.1 Å². The van der Waals surface area contributed by atoms with Crippen LogP contribution in [0.5, 0.6) is 0 Å². The number of hydrogen-bond donors (Lipinski definition) is 1. The van der Waals surface area contributed by atoms with Crippen LogP contribution in [-0.4, -0.2) is 26.6 Å². The Bertz CT molecular complexity index is 1590. The number of aryl methyl sites for hydroxylation is 1. The second kappa shape index (κ2) is 9.21. The highest BCUT2D eigenvalue weighted by Crippen LogP contribution is 2.42. The molecule has 0 saturated carbocycles. The van der Waals surface area contributed by atoms with Crippen LogP contribution in [0.25, 0.3) is 31.2 Å². The lowest BCUT2D eigenvalue weighted by molar-refractivity contribution is -0.113. The Morgan fingerprint density at radius 3 is 2.71 bits per heavy atom. The number of thiophene rings is 1. The minimum absolute atomic E-state index is 0.0446. The maximum atomic E-state index is 12.9.